The van der Waals surface area contributed by atoms with E-state index in [2.05, 4.69) is 4.98 Å². The van der Waals surface area contributed by atoms with Crippen LogP contribution in [0.25, 0.3) is 0 Å². The highest BCUT2D eigenvalue weighted by atomic mass is 16.7. The normalized spacial score (nSPS) is 35.9. The van der Waals surface area contributed by atoms with Crippen LogP contribution < -0.4 is 0 Å². The zero-order chi connectivity index (χ0) is 47.9. The third-order valence-corrected chi connectivity index (χ3v) is 12.5. The number of carbonyl (C=O) groups excluding carboxylic acids is 9. The Balaban J connectivity index is 2.04. The molecule has 5 rings (SSSR count). The Morgan fingerprint density at radius 3 is 1.95 bits per heavy atom. The van der Waals surface area contributed by atoms with E-state index in [9.17, 15) is 48.3 Å². The summed E-state index contributed by atoms with van der Waals surface area (Å²) in [5.74, 6) is -12.2. The molecule has 2 aliphatic carbocycles. The van der Waals surface area contributed by atoms with Crippen molar-refractivity contribution in [1.29, 1.82) is 0 Å². The SMILES string of the molecule is CCC(C)C(=O)OC1C(OC(C)=O)C2OC(=O)C(C)(OC(C)=O)CCc3ncccc3C(=O)OCC3(C)OC4(C(OC(C)=O)C3C(OC(C)=O)C(OC(C)=O)C14COC(C)=O)C2(C)O. The minimum Gasteiger partial charge on any atom is -0.465 e. The van der Waals surface area contributed by atoms with Gasteiger partial charge in [-0.05, 0) is 45.7 Å². The molecule has 4 bridgehead atoms. The Bertz CT molecular complexity index is 2090. The van der Waals surface area contributed by atoms with Gasteiger partial charge in [0.25, 0.3) is 0 Å². The van der Waals surface area contributed by atoms with Crippen molar-refractivity contribution in [3.05, 3.63) is 29.6 Å². The number of carbonyl (C=O) groups is 9. The number of aromatic nitrogens is 1. The van der Waals surface area contributed by atoms with Crippen LogP contribution in [0.5, 0.6) is 0 Å². The van der Waals surface area contributed by atoms with E-state index in [4.69, 9.17) is 47.4 Å². The van der Waals surface area contributed by atoms with Crippen molar-refractivity contribution in [3.8, 4) is 0 Å². The molecule has 1 aromatic heterocycles. The first-order valence-electron chi connectivity index (χ1n) is 20.7. The number of hydrogen-bond donors (Lipinski definition) is 1. The van der Waals surface area contributed by atoms with E-state index >= 15 is 0 Å². The lowest BCUT2D eigenvalue weighted by atomic mass is 9.45. The molecule has 1 spiro atoms. The molecular weight excluding hydrogens is 850 g/mol. The van der Waals surface area contributed by atoms with E-state index in [1.165, 1.54) is 39.1 Å². The second-order valence-electron chi connectivity index (χ2n) is 17.2. The van der Waals surface area contributed by atoms with Crippen LogP contribution in [0.2, 0.25) is 0 Å². The van der Waals surface area contributed by atoms with Gasteiger partial charge < -0.3 is 52.5 Å². The number of esters is 9. The minimum absolute atomic E-state index is 0.0785. The maximum absolute atomic E-state index is 14.9. The molecule has 352 valence electrons. The van der Waals surface area contributed by atoms with E-state index in [-0.39, 0.29) is 24.1 Å². The Kier molecular flexibility index (Phi) is 13.9. The predicted octanol–water partition coefficient (Wildman–Crippen LogP) is 1.57. The monoisotopic (exact) mass is 905 g/mol. The number of rotatable bonds is 10. The van der Waals surface area contributed by atoms with Crippen molar-refractivity contribution in [1.82, 2.24) is 4.98 Å². The summed E-state index contributed by atoms with van der Waals surface area (Å²) < 4.78 is 60.9. The number of aryl methyl sites for hydroxylation is 1. The smallest absolute Gasteiger partial charge is 0.350 e. The molecule has 13 atom stereocenters. The molecule has 1 saturated heterocycles. The standard InChI is InChI=1S/C43H55NO20/c1-12-20(2)36(51)61-35-31(58-23(5)47)33-41(11,54)43-32(59-24(6)48)29(30(57-22(4)46)34(60-25(7)49)42(35,43)19-55-21(3)45)40(10,64-43)18-56-37(52)27-14-13-17-44-28(27)15-16-39(9,38(53)62-33)63-26(8)50/h13-14,17,20,29-35,54H,12,15-16,18-19H2,1-11H3. The number of nitrogens with zero attached hydrogens (tertiary/aromatic N) is 1. The molecule has 13 unspecified atom stereocenters. The second-order valence-corrected chi connectivity index (χ2v) is 17.2. The molecule has 21 nitrogen and oxygen atoms in total. The summed E-state index contributed by atoms with van der Waals surface area (Å²) in [4.78, 5) is 127. The van der Waals surface area contributed by atoms with E-state index < -0.39 is 150 Å². The topological polar surface area (TPSA) is 279 Å². The molecule has 3 heterocycles. The summed E-state index contributed by atoms with van der Waals surface area (Å²) in [5.41, 5.74) is -13.0. The largest absolute Gasteiger partial charge is 0.465 e. The lowest BCUT2D eigenvalue weighted by Crippen LogP contribution is -2.89. The third kappa shape index (κ3) is 8.50. The van der Waals surface area contributed by atoms with Crippen LogP contribution in [0.15, 0.2) is 18.3 Å². The number of aliphatic hydroxyl groups is 1. The first kappa shape index (κ1) is 49.3. The highest BCUT2D eigenvalue weighted by molar-refractivity contribution is 5.90. The fourth-order valence-corrected chi connectivity index (χ4v) is 9.79. The fourth-order valence-electron chi connectivity index (χ4n) is 9.79. The highest BCUT2D eigenvalue weighted by Crippen LogP contribution is 2.70. The van der Waals surface area contributed by atoms with E-state index in [1.54, 1.807) is 6.92 Å². The van der Waals surface area contributed by atoms with Gasteiger partial charge >= 0.3 is 53.7 Å². The third-order valence-electron chi connectivity index (χ3n) is 12.5. The Hall–Kier alpha value is -5.70. The van der Waals surface area contributed by atoms with Gasteiger partial charge in [0.15, 0.2) is 30.0 Å². The van der Waals surface area contributed by atoms with Gasteiger partial charge in [0, 0.05) is 54.2 Å². The first-order chi connectivity index (χ1) is 29.7. The predicted molar refractivity (Wildman–Crippen MR) is 210 cm³/mol. The molecule has 4 aliphatic rings. The van der Waals surface area contributed by atoms with Gasteiger partial charge in [-0.2, -0.15) is 0 Å². The van der Waals surface area contributed by atoms with Crippen LogP contribution in [0.1, 0.15) is 105 Å². The van der Waals surface area contributed by atoms with Crippen LogP contribution in [-0.2, 0) is 92.1 Å². The second kappa shape index (κ2) is 18.1. The molecule has 2 aliphatic heterocycles. The Morgan fingerprint density at radius 1 is 0.812 bits per heavy atom. The van der Waals surface area contributed by atoms with Gasteiger partial charge in [-0.25, -0.2) is 9.59 Å². The molecule has 0 radical (unpaired) electrons. The lowest BCUT2D eigenvalue weighted by Gasteiger charge is -2.67. The maximum atomic E-state index is 14.9. The van der Waals surface area contributed by atoms with Crippen LogP contribution in [0.3, 0.4) is 0 Å². The molecule has 21 heteroatoms. The van der Waals surface area contributed by atoms with Gasteiger partial charge in [0.05, 0.1) is 23.1 Å². The highest BCUT2D eigenvalue weighted by Gasteiger charge is 2.92. The number of fused-ring (bicyclic) bond motifs is 5. The summed E-state index contributed by atoms with van der Waals surface area (Å²) in [6.45, 7) is 10.6. The van der Waals surface area contributed by atoms with Crippen molar-refractivity contribution in [2.45, 2.75) is 154 Å². The maximum Gasteiger partial charge on any atom is 0.350 e. The molecule has 3 fully saturated rings. The number of pyridine rings is 1. The molecule has 1 N–H and O–H groups in total. The van der Waals surface area contributed by atoms with Crippen molar-refractivity contribution in [2.24, 2.45) is 17.3 Å². The van der Waals surface area contributed by atoms with E-state index in [0.29, 0.717) is 0 Å². The summed E-state index contributed by atoms with van der Waals surface area (Å²) in [5, 5.41) is 13.7. The van der Waals surface area contributed by atoms with Gasteiger partial charge in [-0.15, -0.1) is 0 Å². The van der Waals surface area contributed by atoms with E-state index in [1.807, 2.05) is 0 Å². The summed E-state index contributed by atoms with van der Waals surface area (Å²) in [6.07, 6.45) is -11.8. The Morgan fingerprint density at radius 2 is 1.39 bits per heavy atom. The van der Waals surface area contributed by atoms with Crippen LogP contribution in [0, 0.1) is 17.3 Å². The van der Waals surface area contributed by atoms with Crippen molar-refractivity contribution in [2.75, 3.05) is 13.2 Å². The van der Waals surface area contributed by atoms with Gasteiger partial charge in [-0.1, -0.05) is 13.8 Å². The first-order valence-corrected chi connectivity index (χ1v) is 20.7. The average molecular weight is 906 g/mol. The molecule has 64 heavy (non-hydrogen) atoms. The van der Waals surface area contributed by atoms with Crippen molar-refractivity contribution < 1.29 is 95.6 Å². The summed E-state index contributed by atoms with van der Waals surface area (Å²) >= 11 is 0. The summed E-state index contributed by atoms with van der Waals surface area (Å²) in [7, 11) is 0. The zero-order valence-electron chi connectivity index (χ0n) is 37.5. The quantitative estimate of drug-likeness (QED) is 0.258. The molecule has 1 aromatic rings. The van der Waals surface area contributed by atoms with Crippen LogP contribution in [0.4, 0.5) is 0 Å². The van der Waals surface area contributed by atoms with Crippen LogP contribution >= 0.6 is 0 Å². The average Bonchev–Trinajstić information content (AvgIpc) is 3.41. The van der Waals surface area contributed by atoms with Gasteiger partial charge in [0.1, 0.15) is 42.0 Å². The fraction of sp³-hybridized carbons (Fsp3) is 0.674. The lowest BCUT2D eigenvalue weighted by molar-refractivity contribution is -0.387. The van der Waals surface area contributed by atoms with E-state index in [0.717, 1.165) is 48.5 Å². The van der Waals surface area contributed by atoms with Gasteiger partial charge in [-0.3, -0.25) is 38.5 Å². The number of hydrogen-bond acceptors (Lipinski definition) is 21. The van der Waals surface area contributed by atoms with Gasteiger partial charge in [0.2, 0.25) is 5.60 Å². The summed E-state index contributed by atoms with van der Waals surface area (Å²) in [6, 6.07) is 2.81. The van der Waals surface area contributed by atoms with Crippen molar-refractivity contribution >= 4 is 53.7 Å². The minimum atomic E-state index is -2.98. The zero-order valence-corrected chi connectivity index (χ0v) is 37.5. The van der Waals surface area contributed by atoms with Crippen LogP contribution in [-0.4, -0.2) is 136 Å². The number of ether oxygens (including phenoxy) is 10. The molecular formula is C43H55NO20. The Labute approximate surface area is 368 Å². The molecule has 0 aromatic carbocycles. The van der Waals surface area contributed by atoms with Crippen molar-refractivity contribution in [3.63, 3.8) is 0 Å². The molecule has 2 saturated carbocycles. The number of cyclic esters (lactones) is 1. The molecule has 0 amide bonds.